The molecule has 0 heterocycles. The Labute approximate surface area is 125 Å². The normalized spacial score (nSPS) is 44.8. The van der Waals surface area contributed by atoms with Gasteiger partial charge in [-0.05, 0) is 19.7 Å². The van der Waals surface area contributed by atoms with Gasteiger partial charge in [-0.3, -0.25) is 0 Å². The van der Waals surface area contributed by atoms with Crippen molar-refractivity contribution in [1.82, 2.24) is 0 Å². The second-order valence-corrected chi connectivity index (χ2v) is 4.09. The standard InChI is InChI=1S/C16H21NO/c1-13-6-8-14(9-7-13)15(17-2)12-16(18)10-4-3-5-11-16/h6-9,15,18H,3-5,10-12H2,1H3/i3D2,4D2,5D2,10D2,11D2,15D. The third-order valence-electron chi connectivity index (χ3n) is 2.61. The number of rotatable bonds is 3. The first-order valence-electron chi connectivity index (χ1n) is 10.9. The first-order valence-corrected chi connectivity index (χ1v) is 5.45. The molecule has 1 aliphatic rings. The topological polar surface area (TPSA) is 24.6 Å². The Hall–Kier alpha value is -1.33. The number of aliphatic hydroxyl groups is 1. The second kappa shape index (κ2) is 5.54. The molecule has 1 aliphatic carbocycles. The molecule has 0 spiro atoms. The lowest BCUT2D eigenvalue weighted by atomic mass is 9.79. The van der Waals surface area contributed by atoms with Crippen LogP contribution >= 0.6 is 0 Å². The van der Waals surface area contributed by atoms with Crippen molar-refractivity contribution in [2.45, 2.75) is 56.8 Å². The highest BCUT2D eigenvalue weighted by molar-refractivity contribution is 5.26. The van der Waals surface area contributed by atoms with Crippen LogP contribution in [0.25, 0.3) is 4.85 Å². The summed E-state index contributed by atoms with van der Waals surface area (Å²) in [6.07, 6.45) is -19.7. The summed E-state index contributed by atoms with van der Waals surface area (Å²) < 4.78 is 88.3. The van der Waals surface area contributed by atoms with Gasteiger partial charge >= 0.3 is 0 Å². The van der Waals surface area contributed by atoms with Gasteiger partial charge < -0.3 is 9.95 Å². The average Bonchev–Trinajstić information content (AvgIpc) is 2.60. The fourth-order valence-electron chi connectivity index (χ4n) is 1.61. The van der Waals surface area contributed by atoms with Crippen molar-refractivity contribution in [2.75, 3.05) is 0 Å². The Balaban J connectivity index is 2.77. The highest BCUT2D eigenvalue weighted by atomic mass is 16.3. The molecule has 2 nitrogen and oxygen atoms in total. The molecule has 1 aromatic carbocycles. The number of hydrogen-bond donors (Lipinski definition) is 1. The van der Waals surface area contributed by atoms with Crippen molar-refractivity contribution in [3.8, 4) is 0 Å². The van der Waals surface area contributed by atoms with Crippen LogP contribution in [-0.2, 0) is 0 Å². The van der Waals surface area contributed by atoms with E-state index in [1.165, 1.54) is 12.1 Å². The molecule has 0 aromatic heterocycles. The van der Waals surface area contributed by atoms with Gasteiger partial charge in [0.25, 0.3) is 6.02 Å². The fraction of sp³-hybridized carbons (Fsp3) is 0.562. The molecule has 1 N–H and O–H groups in total. The summed E-state index contributed by atoms with van der Waals surface area (Å²) in [6.45, 7) is 9.15. The Morgan fingerprint density at radius 2 is 2.00 bits per heavy atom. The van der Waals surface area contributed by atoms with E-state index in [-0.39, 0.29) is 5.56 Å². The Morgan fingerprint density at radius 1 is 1.39 bits per heavy atom. The smallest absolute Gasteiger partial charge is 0.251 e. The molecular weight excluding hydrogens is 222 g/mol. The minimum absolute atomic E-state index is 0.0205. The molecule has 2 heteroatoms. The minimum Gasteiger partial charge on any atom is -0.390 e. The van der Waals surface area contributed by atoms with Crippen molar-refractivity contribution in [3.05, 3.63) is 46.8 Å². The molecule has 1 unspecified atom stereocenters. The van der Waals surface area contributed by atoms with E-state index in [2.05, 4.69) is 4.85 Å². The molecule has 0 amide bonds. The van der Waals surface area contributed by atoms with Crippen LogP contribution < -0.4 is 0 Å². The van der Waals surface area contributed by atoms with E-state index in [0.29, 0.717) is 0 Å². The molecular formula is C16H21NO. The number of aryl methyl sites for hydroxylation is 1. The minimum atomic E-state index is -3.68. The third-order valence-corrected chi connectivity index (χ3v) is 2.61. The maximum Gasteiger partial charge on any atom is 0.251 e. The molecule has 2 rings (SSSR count). The molecule has 0 saturated heterocycles. The van der Waals surface area contributed by atoms with Crippen molar-refractivity contribution in [1.29, 1.82) is 0 Å². The summed E-state index contributed by atoms with van der Waals surface area (Å²) in [6, 6.07) is 3.35. The van der Waals surface area contributed by atoms with E-state index in [1.54, 1.807) is 19.1 Å². The Morgan fingerprint density at radius 3 is 2.56 bits per heavy atom. The van der Waals surface area contributed by atoms with E-state index >= 15 is 0 Å². The molecule has 0 bridgehead atoms. The maximum absolute atomic E-state index is 11.2. The monoisotopic (exact) mass is 254 g/mol. The lowest BCUT2D eigenvalue weighted by Crippen LogP contribution is -2.32. The lowest BCUT2D eigenvalue weighted by molar-refractivity contribution is -0.00681. The van der Waals surface area contributed by atoms with E-state index in [4.69, 9.17) is 21.7 Å². The van der Waals surface area contributed by atoms with E-state index in [0.717, 1.165) is 5.56 Å². The lowest BCUT2D eigenvalue weighted by Gasteiger charge is -2.32. The van der Waals surface area contributed by atoms with E-state index in [9.17, 15) is 5.11 Å². The van der Waals surface area contributed by atoms with Crippen LogP contribution in [0.4, 0.5) is 0 Å². The van der Waals surface area contributed by atoms with Gasteiger partial charge in [-0.25, -0.2) is 6.57 Å². The van der Waals surface area contributed by atoms with Crippen molar-refractivity contribution >= 4 is 0 Å². The zero-order chi connectivity index (χ0) is 22.9. The SMILES string of the molecule is [2H]C(CC1(O)C([2H])([2H])C([2H])([2H])C([2H])([2H])C([2H])([2H])C1([2H])[2H])([N+]#[C-])c1ccc(C)cc1. The van der Waals surface area contributed by atoms with Gasteiger partial charge in [0.15, 0.2) is 0 Å². The molecule has 0 radical (unpaired) electrons. The van der Waals surface area contributed by atoms with Crippen LogP contribution in [0.1, 0.15) is 70.5 Å². The fourth-order valence-corrected chi connectivity index (χ4v) is 1.61. The first-order chi connectivity index (χ1) is 12.8. The van der Waals surface area contributed by atoms with Crippen LogP contribution in [-0.4, -0.2) is 10.7 Å². The van der Waals surface area contributed by atoms with Crippen LogP contribution in [0.15, 0.2) is 24.3 Å². The average molecular weight is 254 g/mol. The summed E-state index contributed by atoms with van der Waals surface area (Å²) in [5.41, 5.74) is -2.78. The molecule has 1 fully saturated rings. The van der Waals surface area contributed by atoms with Gasteiger partial charge in [0, 0.05) is 19.3 Å². The maximum atomic E-state index is 11.2. The molecule has 18 heavy (non-hydrogen) atoms. The number of nitrogens with zero attached hydrogens (tertiary/aromatic N) is 1. The molecule has 0 aliphatic heterocycles. The van der Waals surface area contributed by atoms with Crippen molar-refractivity contribution < 1.29 is 20.2 Å². The zero-order valence-electron chi connectivity index (χ0n) is 20.9. The van der Waals surface area contributed by atoms with Gasteiger partial charge in [0.2, 0.25) is 0 Å². The van der Waals surface area contributed by atoms with Crippen LogP contribution in [0.5, 0.6) is 0 Å². The quantitative estimate of drug-likeness (QED) is 0.809. The second-order valence-electron chi connectivity index (χ2n) is 4.09. The van der Waals surface area contributed by atoms with E-state index in [1.807, 2.05) is 0 Å². The predicted octanol–water partition coefficient (Wildman–Crippen LogP) is 4.04. The first kappa shape index (κ1) is 4.98. The Kier molecular flexibility index (Phi) is 1.53. The number of benzene rings is 1. The molecule has 1 saturated carbocycles. The third kappa shape index (κ3) is 3.11. The largest absolute Gasteiger partial charge is 0.390 e. The van der Waals surface area contributed by atoms with Gasteiger partial charge in [0.05, 0.1) is 12.0 Å². The van der Waals surface area contributed by atoms with Crippen molar-refractivity contribution in [2.24, 2.45) is 0 Å². The van der Waals surface area contributed by atoms with E-state index < -0.39 is 49.9 Å². The summed E-state index contributed by atoms with van der Waals surface area (Å²) in [5.74, 6) is 0. The predicted molar refractivity (Wildman–Crippen MR) is 73.2 cm³/mol. The van der Waals surface area contributed by atoms with Gasteiger partial charge in [-0.15, -0.1) is 0 Å². The molecule has 96 valence electrons. The van der Waals surface area contributed by atoms with Crippen LogP contribution in [0, 0.1) is 13.5 Å². The Bertz CT molecular complexity index is 813. The summed E-state index contributed by atoms with van der Waals surface area (Å²) in [7, 11) is 0. The van der Waals surface area contributed by atoms with Crippen LogP contribution in [0.3, 0.4) is 0 Å². The molecule has 1 aromatic rings. The number of hydrogen-bond acceptors (Lipinski definition) is 1. The zero-order valence-corrected chi connectivity index (χ0v) is 9.91. The van der Waals surface area contributed by atoms with Gasteiger partial charge in [-0.1, -0.05) is 48.9 Å². The van der Waals surface area contributed by atoms with Crippen molar-refractivity contribution in [3.63, 3.8) is 0 Å². The highest BCUT2D eigenvalue weighted by Crippen LogP contribution is 2.37. The van der Waals surface area contributed by atoms with Gasteiger partial charge in [0.1, 0.15) is 1.37 Å². The summed E-state index contributed by atoms with van der Waals surface area (Å²) in [5, 5.41) is 11.2. The van der Waals surface area contributed by atoms with Crippen LogP contribution in [0.2, 0.25) is 0 Å². The summed E-state index contributed by atoms with van der Waals surface area (Å²) in [4.78, 5) is 3.11. The molecule has 1 atom stereocenters. The highest BCUT2D eigenvalue weighted by Gasteiger charge is 2.35. The summed E-state index contributed by atoms with van der Waals surface area (Å²) >= 11 is 0. The van der Waals surface area contributed by atoms with Gasteiger partial charge in [-0.2, -0.15) is 0 Å².